The van der Waals surface area contributed by atoms with Crippen molar-refractivity contribution in [3.05, 3.63) is 54.1 Å². The van der Waals surface area contributed by atoms with E-state index in [2.05, 4.69) is 31.9 Å². The maximum Gasteiger partial charge on any atom is 0.234 e. The zero-order valence-electron chi connectivity index (χ0n) is 15.7. The van der Waals surface area contributed by atoms with E-state index in [4.69, 9.17) is 0 Å². The Morgan fingerprint density at radius 1 is 1.15 bits per heavy atom. The zero-order valence-corrected chi connectivity index (χ0v) is 15.7. The van der Waals surface area contributed by atoms with E-state index in [1.165, 1.54) is 25.7 Å². The summed E-state index contributed by atoms with van der Waals surface area (Å²) in [5.74, 6) is 1.14. The van der Waals surface area contributed by atoms with Gasteiger partial charge in [-0.2, -0.15) is 0 Å². The molecule has 0 bridgehead atoms. The van der Waals surface area contributed by atoms with Crippen LogP contribution < -0.4 is 5.32 Å². The monoisotopic (exact) mass is 354 g/mol. The largest absolute Gasteiger partial charge is 0.348 e. The first-order valence-electron chi connectivity index (χ1n) is 9.77. The highest BCUT2D eigenvalue weighted by Crippen LogP contribution is 2.18. The Morgan fingerprint density at radius 2 is 1.88 bits per heavy atom. The smallest absolute Gasteiger partial charge is 0.234 e. The quantitative estimate of drug-likeness (QED) is 0.830. The van der Waals surface area contributed by atoms with Crippen LogP contribution in [0.25, 0.3) is 0 Å². The van der Waals surface area contributed by atoms with E-state index in [9.17, 15) is 4.79 Å². The van der Waals surface area contributed by atoms with Crippen LogP contribution in [0.15, 0.2) is 42.7 Å². The van der Waals surface area contributed by atoms with Gasteiger partial charge in [-0.15, -0.1) is 0 Å². The van der Waals surface area contributed by atoms with Gasteiger partial charge in [0.15, 0.2) is 0 Å². The summed E-state index contributed by atoms with van der Waals surface area (Å²) in [6.07, 6.45) is 9.66. The molecule has 0 radical (unpaired) electrons. The standard InChI is InChI=1S/C21H30N4O/c1-18-22-12-16-25(18)15-11-20(19-9-5-4-6-10-19)23-21(26)17-24-13-7-2-3-8-14-24/h4-6,9-10,12,16,20H,2-3,7-8,11,13-15,17H2,1H3,(H,23,26)/t20-/m1/s1. The predicted molar refractivity (Wildman–Crippen MR) is 104 cm³/mol. The number of nitrogens with one attached hydrogen (secondary N) is 1. The first-order valence-corrected chi connectivity index (χ1v) is 9.77. The van der Waals surface area contributed by atoms with Gasteiger partial charge in [-0.25, -0.2) is 4.98 Å². The lowest BCUT2D eigenvalue weighted by atomic mass is 10.0. The van der Waals surface area contributed by atoms with Crippen LogP contribution in [0.2, 0.25) is 0 Å². The number of likely N-dealkylation sites (tertiary alicyclic amines) is 1. The molecule has 140 valence electrons. The average Bonchev–Trinajstić information content (AvgIpc) is 2.90. The second-order valence-electron chi connectivity index (χ2n) is 7.18. The van der Waals surface area contributed by atoms with Gasteiger partial charge >= 0.3 is 0 Å². The number of imidazole rings is 1. The van der Waals surface area contributed by atoms with Crippen molar-refractivity contribution >= 4 is 5.91 Å². The van der Waals surface area contributed by atoms with E-state index in [1.54, 1.807) is 0 Å². The molecule has 1 N–H and O–H groups in total. The van der Waals surface area contributed by atoms with Crippen LogP contribution in [0.3, 0.4) is 0 Å². The summed E-state index contributed by atoms with van der Waals surface area (Å²) in [5, 5.41) is 3.27. The van der Waals surface area contributed by atoms with Gasteiger partial charge in [0.05, 0.1) is 12.6 Å². The number of carbonyl (C=O) groups excluding carboxylic acids is 1. The van der Waals surface area contributed by atoms with E-state index in [1.807, 2.05) is 37.5 Å². The van der Waals surface area contributed by atoms with E-state index in [-0.39, 0.29) is 11.9 Å². The molecule has 0 spiro atoms. The number of hydrogen-bond donors (Lipinski definition) is 1. The molecule has 0 saturated carbocycles. The minimum absolute atomic E-state index is 0.0254. The van der Waals surface area contributed by atoms with Crippen LogP contribution >= 0.6 is 0 Å². The summed E-state index contributed by atoms with van der Waals surface area (Å²) in [6, 6.07) is 10.3. The molecule has 5 nitrogen and oxygen atoms in total. The van der Waals surface area contributed by atoms with Crippen LogP contribution in [0.1, 0.15) is 49.5 Å². The Balaban J connectivity index is 1.61. The Labute approximate surface area is 156 Å². The van der Waals surface area contributed by atoms with Gasteiger partial charge in [-0.3, -0.25) is 9.69 Å². The van der Waals surface area contributed by atoms with Crippen LogP contribution in [0.5, 0.6) is 0 Å². The Bertz CT molecular complexity index is 674. The van der Waals surface area contributed by atoms with Crippen LogP contribution in [0, 0.1) is 6.92 Å². The fourth-order valence-corrected chi connectivity index (χ4v) is 3.65. The van der Waals surface area contributed by atoms with Crippen molar-refractivity contribution < 1.29 is 4.79 Å². The second kappa shape index (κ2) is 9.53. The minimum Gasteiger partial charge on any atom is -0.348 e. The van der Waals surface area contributed by atoms with E-state index < -0.39 is 0 Å². The molecule has 1 aromatic carbocycles. The molecule has 1 aromatic heterocycles. The maximum absolute atomic E-state index is 12.7. The molecular formula is C21H30N4O. The van der Waals surface area contributed by atoms with E-state index in [0.717, 1.165) is 37.4 Å². The van der Waals surface area contributed by atoms with Crippen LogP contribution in [0.4, 0.5) is 0 Å². The van der Waals surface area contributed by atoms with Crippen molar-refractivity contribution in [2.24, 2.45) is 0 Å². The first kappa shape index (κ1) is 18.6. The van der Waals surface area contributed by atoms with Gasteiger partial charge in [0.1, 0.15) is 5.82 Å². The van der Waals surface area contributed by atoms with Gasteiger partial charge in [0, 0.05) is 18.9 Å². The van der Waals surface area contributed by atoms with E-state index >= 15 is 0 Å². The van der Waals surface area contributed by atoms with Gasteiger partial charge in [-0.05, 0) is 44.8 Å². The maximum atomic E-state index is 12.7. The normalized spacial score (nSPS) is 16.8. The Kier molecular flexibility index (Phi) is 6.83. The van der Waals surface area contributed by atoms with Crippen molar-refractivity contribution in [2.45, 2.75) is 51.6 Å². The van der Waals surface area contributed by atoms with Crippen LogP contribution in [-0.2, 0) is 11.3 Å². The van der Waals surface area contributed by atoms with E-state index in [0.29, 0.717) is 6.54 Å². The summed E-state index contributed by atoms with van der Waals surface area (Å²) in [6.45, 7) is 5.44. The van der Waals surface area contributed by atoms with Crippen molar-refractivity contribution in [1.29, 1.82) is 0 Å². The van der Waals surface area contributed by atoms with Gasteiger partial charge in [-0.1, -0.05) is 43.2 Å². The Morgan fingerprint density at radius 3 is 2.54 bits per heavy atom. The second-order valence-corrected chi connectivity index (χ2v) is 7.18. The highest BCUT2D eigenvalue weighted by molar-refractivity contribution is 5.78. The molecule has 1 atom stereocenters. The summed E-state index contributed by atoms with van der Waals surface area (Å²) in [5.41, 5.74) is 1.16. The highest BCUT2D eigenvalue weighted by atomic mass is 16.2. The summed E-state index contributed by atoms with van der Waals surface area (Å²) in [7, 11) is 0. The van der Waals surface area contributed by atoms with Crippen molar-refractivity contribution in [2.75, 3.05) is 19.6 Å². The molecule has 2 aromatic rings. The fraction of sp³-hybridized carbons (Fsp3) is 0.524. The van der Waals surface area contributed by atoms with Crippen molar-refractivity contribution in [3.63, 3.8) is 0 Å². The summed E-state index contributed by atoms with van der Waals surface area (Å²) in [4.78, 5) is 19.2. The first-order chi connectivity index (χ1) is 12.7. The topological polar surface area (TPSA) is 50.2 Å². The van der Waals surface area contributed by atoms with Gasteiger partial charge in [0.2, 0.25) is 5.91 Å². The molecule has 26 heavy (non-hydrogen) atoms. The molecule has 0 aliphatic carbocycles. The molecule has 5 heteroatoms. The molecule has 1 fully saturated rings. The molecule has 1 amide bonds. The number of aromatic nitrogens is 2. The van der Waals surface area contributed by atoms with Gasteiger partial charge < -0.3 is 9.88 Å². The lowest BCUT2D eigenvalue weighted by Crippen LogP contribution is -2.39. The Hall–Kier alpha value is -2.14. The number of nitrogens with zero attached hydrogens (tertiary/aromatic N) is 3. The number of benzene rings is 1. The molecular weight excluding hydrogens is 324 g/mol. The molecule has 1 aliphatic heterocycles. The third-order valence-electron chi connectivity index (χ3n) is 5.19. The molecule has 3 rings (SSSR count). The lowest BCUT2D eigenvalue weighted by molar-refractivity contribution is -0.123. The number of rotatable bonds is 7. The fourth-order valence-electron chi connectivity index (χ4n) is 3.65. The minimum atomic E-state index is 0.0254. The lowest BCUT2D eigenvalue weighted by Gasteiger charge is -2.23. The third-order valence-corrected chi connectivity index (χ3v) is 5.19. The van der Waals surface area contributed by atoms with Crippen LogP contribution in [-0.4, -0.2) is 40.0 Å². The van der Waals surface area contributed by atoms with Gasteiger partial charge in [0.25, 0.3) is 0 Å². The number of amides is 1. The predicted octanol–water partition coefficient (Wildman–Crippen LogP) is 3.32. The highest BCUT2D eigenvalue weighted by Gasteiger charge is 2.18. The summed E-state index contributed by atoms with van der Waals surface area (Å²) >= 11 is 0. The zero-order chi connectivity index (χ0) is 18.2. The third kappa shape index (κ3) is 5.43. The average molecular weight is 354 g/mol. The van der Waals surface area contributed by atoms with Crippen molar-refractivity contribution in [1.82, 2.24) is 19.8 Å². The SMILES string of the molecule is Cc1nccn1CC[C@@H](NC(=O)CN1CCCCCC1)c1ccccc1. The number of carbonyl (C=O) groups is 1. The molecule has 1 aliphatic rings. The molecule has 0 unspecified atom stereocenters. The molecule has 1 saturated heterocycles. The number of hydrogen-bond acceptors (Lipinski definition) is 3. The van der Waals surface area contributed by atoms with Crippen molar-refractivity contribution in [3.8, 4) is 0 Å². The summed E-state index contributed by atoms with van der Waals surface area (Å²) < 4.78 is 2.14. The molecule has 2 heterocycles. The number of aryl methyl sites for hydroxylation is 2.